The van der Waals surface area contributed by atoms with Crippen molar-refractivity contribution in [3.8, 4) is 0 Å². The van der Waals surface area contributed by atoms with Crippen molar-refractivity contribution < 1.29 is 4.79 Å². The molecule has 0 saturated carbocycles. The quantitative estimate of drug-likeness (QED) is 0.770. The number of fused-ring (bicyclic) bond motifs is 1. The number of carbonyl (C=O) groups is 1. The zero-order valence-electron chi connectivity index (χ0n) is 11.3. The molecule has 98 valence electrons. The first-order chi connectivity index (χ1) is 8.04. The van der Waals surface area contributed by atoms with Gasteiger partial charge in [0.15, 0.2) is 0 Å². The molecule has 4 nitrogen and oxygen atoms in total. The van der Waals surface area contributed by atoms with E-state index in [1.165, 1.54) is 19.4 Å². The first kappa shape index (κ1) is 12.8. The van der Waals surface area contributed by atoms with E-state index >= 15 is 0 Å². The summed E-state index contributed by atoms with van der Waals surface area (Å²) in [5.41, 5.74) is -0.437. The predicted octanol–water partition coefficient (Wildman–Crippen LogP) is 0.681. The van der Waals surface area contributed by atoms with Gasteiger partial charge in [0.1, 0.15) is 0 Å². The molecule has 0 aromatic heterocycles. The van der Waals surface area contributed by atoms with Crippen LogP contribution in [0.2, 0.25) is 0 Å². The van der Waals surface area contributed by atoms with Gasteiger partial charge in [0.05, 0.1) is 5.54 Å². The van der Waals surface area contributed by atoms with Gasteiger partial charge in [-0.3, -0.25) is 9.69 Å². The highest BCUT2D eigenvalue weighted by atomic mass is 16.2. The van der Waals surface area contributed by atoms with Crippen LogP contribution in [-0.4, -0.2) is 60.5 Å². The van der Waals surface area contributed by atoms with Crippen LogP contribution in [0.5, 0.6) is 0 Å². The Morgan fingerprint density at radius 1 is 1.24 bits per heavy atom. The van der Waals surface area contributed by atoms with Crippen LogP contribution in [0, 0.1) is 0 Å². The summed E-state index contributed by atoms with van der Waals surface area (Å²) in [4.78, 5) is 17.1. The van der Waals surface area contributed by atoms with Crippen LogP contribution in [0.15, 0.2) is 0 Å². The SMILES string of the molecule is CNC(C)(C)C(=O)N1CCCN2CCCC2C1. The average Bonchev–Trinajstić information content (AvgIpc) is 2.65. The first-order valence-corrected chi connectivity index (χ1v) is 6.77. The summed E-state index contributed by atoms with van der Waals surface area (Å²) >= 11 is 0. The maximum Gasteiger partial charge on any atom is 0.242 e. The minimum Gasteiger partial charge on any atom is -0.339 e. The Kier molecular flexibility index (Phi) is 3.73. The highest BCUT2D eigenvalue weighted by molar-refractivity contribution is 5.85. The van der Waals surface area contributed by atoms with Gasteiger partial charge < -0.3 is 10.2 Å². The predicted molar refractivity (Wildman–Crippen MR) is 68.9 cm³/mol. The summed E-state index contributed by atoms with van der Waals surface area (Å²) in [7, 11) is 1.86. The number of nitrogens with one attached hydrogen (secondary N) is 1. The molecule has 1 N–H and O–H groups in total. The minimum atomic E-state index is -0.437. The van der Waals surface area contributed by atoms with Crippen molar-refractivity contribution in [2.45, 2.75) is 44.7 Å². The van der Waals surface area contributed by atoms with E-state index in [4.69, 9.17) is 0 Å². The molecule has 1 amide bonds. The molecule has 2 rings (SSSR count). The van der Waals surface area contributed by atoms with Crippen LogP contribution in [0.1, 0.15) is 33.1 Å². The van der Waals surface area contributed by atoms with E-state index < -0.39 is 5.54 Å². The zero-order chi connectivity index (χ0) is 12.5. The number of likely N-dealkylation sites (N-methyl/N-ethyl adjacent to an activating group) is 1. The molecule has 0 aromatic carbocycles. The second-order valence-electron chi connectivity index (χ2n) is 5.81. The van der Waals surface area contributed by atoms with Gasteiger partial charge in [-0.25, -0.2) is 0 Å². The van der Waals surface area contributed by atoms with Crippen molar-refractivity contribution in [2.75, 3.05) is 33.2 Å². The molecule has 0 aliphatic carbocycles. The van der Waals surface area contributed by atoms with Crippen molar-refractivity contribution in [3.63, 3.8) is 0 Å². The molecule has 2 aliphatic rings. The molecule has 0 spiro atoms. The number of hydrogen-bond donors (Lipinski definition) is 1. The molecule has 2 heterocycles. The molecule has 2 aliphatic heterocycles. The lowest BCUT2D eigenvalue weighted by Gasteiger charge is -2.32. The molecule has 2 fully saturated rings. The smallest absolute Gasteiger partial charge is 0.242 e. The van der Waals surface area contributed by atoms with E-state index in [0.717, 1.165) is 26.1 Å². The van der Waals surface area contributed by atoms with Crippen molar-refractivity contribution >= 4 is 5.91 Å². The second kappa shape index (κ2) is 4.94. The maximum atomic E-state index is 12.4. The second-order valence-corrected chi connectivity index (χ2v) is 5.81. The number of amides is 1. The highest BCUT2D eigenvalue weighted by Gasteiger charge is 2.35. The Morgan fingerprint density at radius 2 is 1.94 bits per heavy atom. The number of nitrogens with zero attached hydrogens (tertiary/aromatic N) is 2. The Hall–Kier alpha value is -0.610. The van der Waals surface area contributed by atoms with Gasteiger partial charge >= 0.3 is 0 Å². The maximum absolute atomic E-state index is 12.4. The molecule has 2 saturated heterocycles. The van der Waals surface area contributed by atoms with Crippen LogP contribution in [-0.2, 0) is 4.79 Å². The summed E-state index contributed by atoms with van der Waals surface area (Å²) in [6.45, 7) is 8.15. The van der Waals surface area contributed by atoms with Gasteiger partial charge in [0.25, 0.3) is 0 Å². The molecular weight excluding hydrogens is 214 g/mol. The average molecular weight is 239 g/mol. The summed E-state index contributed by atoms with van der Waals surface area (Å²) in [5, 5.41) is 3.11. The van der Waals surface area contributed by atoms with E-state index in [9.17, 15) is 4.79 Å². The zero-order valence-corrected chi connectivity index (χ0v) is 11.3. The topological polar surface area (TPSA) is 35.6 Å². The third-order valence-electron chi connectivity index (χ3n) is 4.25. The number of rotatable bonds is 2. The molecule has 0 aromatic rings. The van der Waals surface area contributed by atoms with Crippen LogP contribution < -0.4 is 5.32 Å². The van der Waals surface area contributed by atoms with Crippen molar-refractivity contribution in [1.82, 2.24) is 15.1 Å². The molecule has 17 heavy (non-hydrogen) atoms. The van der Waals surface area contributed by atoms with Crippen LogP contribution in [0.4, 0.5) is 0 Å². The van der Waals surface area contributed by atoms with Crippen molar-refractivity contribution in [1.29, 1.82) is 0 Å². The standard InChI is InChI=1S/C13H25N3O/c1-13(2,14-3)12(17)16-9-5-8-15-7-4-6-11(15)10-16/h11,14H,4-10H2,1-3H3. The largest absolute Gasteiger partial charge is 0.339 e. The lowest BCUT2D eigenvalue weighted by atomic mass is 10.0. The summed E-state index contributed by atoms with van der Waals surface area (Å²) in [6.07, 6.45) is 3.66. The van der Waals surface area contributed by atoms with E-state index in [-0.39, 0.29) is 5.91 Å². The molecular formula is C13H25N3O. The van der Waals surface area contributed by atoms with Crippen molar-refractivity contribution in [3.05, 3.63) is 0 Å². The van der Waals surface area contributed by atoms with Crippen LogP contribution >= 0.6 is 0 Å². The van der Waals surface area contributed by atoms with Gasteiger partial charge in [-0.1, -0.05) is 0 Å². The number of carbonyl (C=O) groups excluding carboxylic acids is 1. The molecule has 0 bridgehead atoms. The van der Waals surface area contributed by atoms with Crippen molar-refractivity contribution in [2.24, 2.45) is 0 Å². The fourth-order valence-corrected chi connectivity index (χ4v) is 2.89. The summed E-state index contributed by atoms with van der Waals surface area (Å²) < 4.78 is 0. The van der Waals surface area contributed by atoms with E-state index in [0.29, 0.717) is 6.04 Å². The van der Waals surface area contributed by atoms with Gasteiger partial charge in [-0.2, -0.15) is 0 Å². The Labute approximate surface area is 104 Å². The molecule has 1 atom stereocenters. The van der Waals surface area contributed by atoms with Gasteiger partial charge in [0.2, 0.25) is 5.91 Å². The fourth-order valence-electron chi connectivity index (χ4n) is 2.89. The lowest BCUT2D eigenvalue weighted by molar-refractivity contribution is -0.137. The fraction of sp³-hybridized carbons (Fsp3) is 0.923. The Balaban J connectivity index is 2.03. The normalized spacial score (nSPS) is 26.8. The third kappa shape index (κ3) is 2.63. The third-order valence-corrected chi connectivity index (χ3v) is 4.25. The highest BCUT2D eigenvalue weighted by Crippen LogP contribution is 2.22. The monoisotopic (exact) mass is 239 g/mol. The first-order valence-electron chi connectivity index (χ1n) is 6.77. The molecule has 0 radical (unpaired) electrons. The summed E-state index contributed by atoms with van der Waals surface area (Å²) in [5.74, 6) is 0.244. The Bertz CT molecular complexity index is 290. The summed E-state index contributed by atoms with van der Waals surface area (Å²) in [6, 6.07) is 0.606. The lowest BCUT2D eigenvalue weighted by Crippen LogP contribution is -2.54. The van der Waals surface area contributed by atoms with Gasteiger partial charge in [-0.15, -0.1) is 0 Å². The van der Waals surface area contributed by atoms with Crippen LogP contribution in [0.25, 0.3) is 0 Å². The Morgan fingerprint density at radius 3 is 2.65 bits per heavy atom. The number of hydrogen-bond acceptors (Lipinski definition) is 3. The van der Waals surface area contributed by atoms with Gasteiger partial charge in [0, 0.05) is 25.7 Å². The van der Waals surface area contributed by atoms with Crippen LogP contribution in [0.3, 0.4) is 0 Å². The van der Waals surface area contributed by atoms with E-state index in [1.54, 1.807) is 0 Å². The molecule has 1 unspecified atom stereocenters. The van der Waals surface area contributed by atoms with E-state index in [1.807, 2.05) is 20.9 Å². The van der Waals surface area contributed by atoms with Gasteiger partial charge in [-0.05, 0) is 46.7 Å². The van der Waals surface area contributed by atoms with E-state index in [2.05, 4.69) is 15.1 Å². The molecule has 4 heteroatoms. The minimum absolute atomic E-state index is 0.244.